The normalized spacial score (nSPS) is 24.3. The summed E-state index contributed by atoms with van der Waals surface area (Å²) in [6.45, 7) is 5.79. The fraction of sp³-hybridized carbons (Fsp3) is 0.370. The molecular formula is C27H28F3N5O. The van der Waals surface area contributed by atoms with E-state index in [9.17, 15) is 18.0 Å². The number of aromatic nitrogens is 2. The van der Waals surface area contributed by atoms with Crippen molar-refractivity contribution in [3.8, 4) is 0 Å². The van der Waals surface area contributed by atoms with Gasteiger partial charge in [0, 0.05) is 62.1 Å². The van der Waals surface area contributed by atoms with Gasteiger partial charge in [-0.2, -0.15) is 5.10 Å². The number of hydrogen-bond donors (Lipinski definition) is 0. The number of piperazine rings is 1. The van der Waals surface area contributed by atoms with Gasteiger partial charge in [-0.1, -0.05) is 6.07 Å². The van der Waals surface area contributed by atoms with Crippen LogP contribution >= 0.6 is 0 Å². The van der Waals surface area contributed by atoms with Gasteiger partial charge < -0.3 is 14.7 Å². The van der Waals surface area contributed by atoms with Crippen LogP contribution in [0.15, 0.2) is 60.8 Å². The highest BCUT2D eigenvalue weighted by molar-refractivity contribution is 5.82. The van der Waals surface area contributed by atoms with Gasteiger partial charge in [0.25, 0.3) is 0 Å². The molecule has 3 heterocycles. The average Bonchev–Trinajstić information content (AvgIpc) is 3.30. The molecule has 188 valence electrons. The second-order valence-electron chi connectivity index (χ2n) is 9.69. The van der Waals surface area contributed by atoms with Crippen molar-refractivity contribution in [1.29, 1.82) is 0 Å². The fourth-order valence-electron chi connectivity index (χ4n) is 5.68. The number of anilines is 2. The Morgan fingerprint density at radius 2 is 1.58 bits per heavy atom. The smallest absolute Gasteiger partial charge is 0.228 e. The molecule has 9 heteroatoms. The van der Waals surface area contributed by atoms with E-state index in [0.717, 1.165) is 11.8 Å². The molecule has 6 nitrogen and oxygen atoms in total. The minimum Gasteiger partial charge on any atom is -0.363 e. The Bertz CT molecular complexity index is 1210. The highest BCUT2D eigenvalue weighted by Gasteiger charge is 2.44. The van der Waals surface area contributed by atoms with Crippen LogP contribution in [0.5, 0.6) is 0 Å². The highest BCUT2D eigenvalue weighted by Crippen LogP contribution is 2.38. The lowest BCUT2D eigenvalue weighted by molar-refractivity contribution is -0.136. The maximum absolute atomic E-state index is 14.9. The molecule has 0 radical (unpaired) electrons. The van der Waals surface area contributed by atoms with Gasteiger partial charge in [0.1, 0.15) is 17.5 Å². The summed E-state index contributed by atoms with van der Waals surface area (Å²) in [5, 5.41) is 8.11. The monoisotopic (exact) mass is 495 g/mol. The number of carbonyl (C=O) groups excluding carboxylic acids is 1. The van der Waals surface area contributed by atoms with Gasteiger partial charge in [0.05, 0.1) is 5.92 Å². The molecule has 1 amide bonds. The van der Waals surface area contributed by atoms with Crippen LogP contribution in [0.4, 0.5) is 24.7 Å². The van der Waals surface area contributed by atoms with Crippen LogP contribution in [0, 0.1) is 23.4 Å². The quantitative estimate of drug-likeness (QED) is 0.542. The van der Waals surface area contributed by atoms with Crippen molar-refractivity contribution >= 4 is 17.4 Å². The number of rotatable bonds is 4. The van der Waals surface area contributed by atoms with Gasteiger partial charge >= 0.3 is 0 Å². The molecule has 2 aromatic carbocycles. The molecule has 0 aliphatic carbocycles. The summed E-state index contributed by atoms with van der Waals surface area (Å²) in [4.78, 5) is 19.9. The van der Waals surface area contributed by atoms with E-state index in [1.807, 2.05) is 29.7 Å². The molecule has 0 unspecified atom stereocenters. The molecule has 3 aromatic rings. The second-order valence-corrected chi connectivity index (χ2v) is 9.69. The maximum atomic E-state index is 14.9. The molecule has 5 rings (SSSR count). The van der Waals surface area contributed by atoms with Gasteiger partial charge in [0.2, 0.25) is 5.91 Å². The van der Waals surface area contributed by atoms with Crippen molar-refractivity contribution in [2.75, 3.05) is 36.0 Å². The van der Waals surface area contributed by atoms with E-state index in [4.69, 9.17) is 0 Å². The van der Waals surface area contributed by atoms with Crippen molar-refractivity contribution in [3.05, 3.63) is 83.8 Å². The first-order chi connectivity index (χ1) is 17.3. The first-order valence-electron chi connectivity index (χ1n) is 12.1. The molecule has 2 aliphatic heterocycles. The number of halogens is 3. The molecule has 0 N–H and O–H groups in total. The molecule has 2 aliphatic rings. The van der Waals surface area contributed by atoms with Crippen molar-refractivity contribution < 1.29 is 18.0 Å². The fourth-order valence-corrected chi connectivity index (χ4v) is 5.68. The second kappa shape index (κ2) is 9.79. The number of carbonyl (C=O) groups is 1. The van der Waals surface area contributed by atoms with Crippen LogP contribution in [0.1, 0.15) is 25.3 Å². The molecule has 4 atom stereocenters. The first kappa shape index (κ1) is 24.1. The zero-order chi connectivity index (χ0) is 25.4. The Morgan fingerprint density at radius 3 is 2.22 bits per heavy atom. The summed E-state index contributed by atoms with van der Waals surface area (Å²) in [7, 11) is 0. The van der Waals surface area contributed by atoms with Crippen molar-refractivity contribution in [1.82, 2.24) is 15.1 Å². The van der Waals surface area contributed by atoms with Gasteiger partial charge in [-0.3, -0.25) is 4.79 Å². The third-order valence-electron chi connectivity index (χ3n) is 7.24. The zero-order valence-electron chi connectivity index (χ0n) is 20.2. The topological polar surface area (TPSA) is 52.6 Å². The van der Waals surface area contributed by atoms with E-state index < -0.39 is 23.5 Å². The molecule has 0 saturated carbocycles. The predicted molar refractivity (Wildman–Crippen MR) is 131 cm³/mol. The lowest BCUT2D eigenvalue weighted by Crippen LogP contribution is -2.59. The summed E-state index contributed by atoms with van der Waals surface area (Å²) in [6.07, 6.45) is 1.57. The van der Waals surface area contributed by atoms with Gasteiger partial charge in [-0.15, -0.1) is 5.10 Å². The van der Waals surface area contributed by atoms with E-state index in [2.05, 4.69) is 15.1 Å². The Labute approximate surface area is 208 Å². The van der Waals surface area contributed by atoms with Gasteiger partial charge in [-0.25, -0.2) is 13.2 Å². The minimum absolute atomic E-state index is 0.00154. The number of nitrogens with zero attached hydrogens (tertiary/aromatic N) is 5. The first-order valence-corrected chi connectivity index (χ1v) is 12.1. The molecule has 1 aromatic heterocycles. The van der Waals surface area contributed by atoms with Crippen molar-refractivity contribution in [3.63, 3.8) is 0 Å². The third kappa shape index (κ3) is 4.62. The summed E-state index contributed by atoms with van der Waals surface area (Å²) >= 11 is 0. The minimum atomic E-state index is -0.651. The Balaban J connectivity index is 1.40. The van der Waals surface area contributed by atoms with Gasteiger partial charge in [0.15, 0.2) is 5.82 Å². The molecule has 2 fully saturated rings. The number of hydrogen-bond acceptors (Lipinski definition) is 5. The Kier molecular flexibility index (Phi) is 6.55. The van der Waals surface area contributed by atoms with Crippen LogP contribution in [-0.4, -0.2) is 59.3 Å². The van der Waals surface area contributed by atoms with Crippen LogP contribution in [0.3, 0.4) is 0 Å². The summed E-state index contributed by atoms with van der Waals surface area (Å²) < 4.78 is 41.9. The summed E-state index contributed by atoms with van der Waals surface area (Å²) in [5.41, 5.74) is 1.23. The van der Waals surface area contributed by atoms with Crippen LogP contribution in [0.2, 0.25) is 0 Å². The van der Waals surface area contributed by atoms with Crippen molar-refractivity contribution in [2.24, 2.45) is 5.92 Å². The largest absolute Gasteiger partial charge is 0.363 e. The molecule has 36 heavy (non-hydrogen) atoms. The van der Waals surface area contributed by atoms with E-state index in [1.165, 1.54) is 24.3 Å². The lowest BCUT2D eigenvalue weighted by Gasteiger charge is -2.46. The molecular weight excluding hydrogens is 467 g/mol. The standard InChI is InChI=1S/C27H28F3N5O/c1-17-13-34(14-18(2)35(17)21-8-5-19(28)6-9-21)27(36)24-16-33(26-4-3-11-31-32-26)15-23(24)22-10-7-20(29)12-25(22)30/h3-12,17-18,23-24H,13-16H2,1-2H3/t17-,18+,23-,24+/m1/s1. The summed E-state index contributed by atoms with van der Waals surface area (Å²) in [6, 6.07) is 13.5. The number of benzene rings is 2. The Hall–Kier alpha value is -3.62. The van der Waals surface area contributed by atoms with E-state index in [0.29, 0.717) is 37.6 Å². The van der Waals surface area contributed by atoms with E-state index >= 15 is 0 Å². The number of amides is 1. The SMILES string of the molecule is C[C@@H]1CN(C(=O)[C@H]2CN(c3cccnn3)C[C@@H]2c2ccc(F)cc2F)C[C@H](C)N1c1ccc(F)cc1. The van der Waals surface area contributed by atoms with Crippen LogP contribution < -0.4 is 9.80 Å². The van der Waals surface area contributed by atoms with E-state index in [1.54, 1.807) is 24.4 Å². The average molecular weight is 496 g/mol. The highest BCUT2D eigenvalue weighted by atomic mass is 19.1. The Morgan fingerprint density at radius 1 is 0.889 bits per heavy atom. The molecule has 2 saturated heterocycles. The van der Waals surface area contributed by atoms with Crippen molar-refractivity contribution in [2.45, 2.75) is 31.8 Å². The zero-order valence-corrected chi connectivity index (χ0v) is 20.2. The lowest BCUT2D eigenvalue weighted by atomic mass is 9.87. The van der Waals surface area contributed by atoms with Gasteiger partial charge in [-0.05, 0) is 61.9 Å². The molecule has 0 spiro atoms. The maximum Gasteiger partial charge on any atom is 0.228 e. The predicted octanol–water partition coefficient (Wildman–Crippen LogP) is 4.24. The summed E-state index contributed by atoms with van der Waals surface area (Å²) in [5.74, 6) is -2.02. The van der Waals surface area contributed by atoms with Crippen LogP contribution in [-0.2, 0) is 4.79 Å². The van der Waals surface area contributed by atoms with E-state index in [-0.39, 0.29) is 23.8 Å². The third-order valence-corrected chi connectivity index (χ3v) is 7.24. The van der Waals surface area contributed by atoms with Crippen LogP contribution in [0.25, 0.3) is 0 Å². The molecule has 0 bridgehead atoms.